The summed E-state index contributed by atoms with van der Waals surface area (Å²) in [5.41, 5.74) is 6.28. The van der Waals surface area contributed by atoms with Gasteiger partial charge in [0, 0.05) is 42.3 Å². The van der Waals surface area contributed by atoms with Crippen molar-refractivity contribution in [2.45, 2.75) is 32.7 Å². The standard InChI is InChI=1S/C24H27N3O/c1-24(2,3)25-20-11-9-17(10-12-20)19-15-22(26(4)16-19)23(28)27-14-13-18-7-5-6-8-21(18)27/h5-12,15-16,25H,13-14H2,1-4H3. The fraction of sp³-hybridized carbons (Fsp3) is 0.292. The fourth-order valence-corrected chi connectivity index (χ4v) is 3.80. The summed E-state index contributed by atoms with van der Waals surface area (Å²) in [6.07, 6.45) is 2.95. The second-order valence-corrected chi connectivity index (χ2v) is 8.51. The van der Waals surface area contributed by atoms with Gasteiger partial charge in [-0.25, -0.2) is 0 Å². The molecule has 0 radical (unpaired) electrons. The van der Waals surface area contributed by atoms with E-state index >= 15 is 0 Å². The van der Waals surface area contributed by atoms with E-state index in [0.29, 0.717) is 5.69 Å². The van der Waals surface area contributed by atoms with Crippen LogP contribution in [0.25, 0.3) is 11.1 Å². The van der Waals surface area contributed by atoms with Crippen molar-refractivity contribution in [2.24, 2.45) is 7.05 Å². The molecule has 144 valence electrons. The Morgan fingerprint density at radius 1 is 1.00 bits per heavy atom. The number of nitrogens with one attached hydrogen (secondary N) is 1. The highest BCUT2D eigenvalue weighted by molar-refractivity contribution is 6.07. The van der Waals surface area contributed by atoms with Crippen LogP contribution in [-0.2, 0) is 13.5 Å². The Bertz CT molecular complexity index is 1010. The average Bonchev–Trinajstić information content (AvgIpc) is 3.24. The number of amides is 1. The molecule has 0 aliphatic carbocycles. The third-order valence-electron chi connectivity index (χ3n) is 5.09. The first-order valence-corrected chi connectivity index (χ1v) is 9.76. The lowest BCUT2D eigenvalue weighted by molar-refractivity contribution is 0.0981. The maximum Gasteiger partial charge on any atom is 0.274 e. The van der Waals surface area contributed by atoms with Crippen molar-refractivity contribution in [3.05, 3.63) is 72.1 Å². The van der Waals surface area contributed by atoms with Crippen molar-refractivity contribution >= 4 is 17.3 Å². The Kier molecular flexibility index (Phi) is 4.50. The third-order valence-corrected chi connectivity index (χ3v) is 5.09. The Labute approximate surface area is 166 Å². The maximum absolute atomic E-state index is 13.2. The van der Waals surface area contributed by atoms with Gasteiger partial charge in [-0.15, -0.1) is 0 Å². The summed E-state index contributed by atoms with van der Waals surface area (Å²) in [6.45, 7) is 7.18. The largest absolute Gasteiger partial charge is 0.380 e. The van der Waals surface area contributed by atoms with Crippen molar-refractivity contribution in [3.8, 4) is 11.1 Å². The molecular formula is C24H27N3O. The van der Waals surface area contributed by atoms with E-state index in [-0.39, 0.29) is 11.4 Å². The van der Waals surface area contributed by atoms with Crippen LogP contribution in [0, 0.1) is 0 Å². The second kappa shape index (κ2) is 6.86. The van der Waals surface area contributed by atoms with Gasteiger partial charge in [0.2, 0.25) is 0 Å². The molecule has 1 amide bonds. The van der Waals surface area contributed by atoms with Crippen LogP contribution in [-0.4, -0.2) is 22.6 Å². The SMILES string of the molecule is Cn1cc(-c2ccc(NC(C)(C)C)cc2)cc1C(=O)N1CCc2ccccc21. The number of para-hydroxylation sites is 1. The van der Waals surface area contributed by atoms with Gasteiger partial charge in [0.1, 0.15) is 5.69 Å². The van der Waals surface area contributed by atoms with Crippen LogP contribution in [0.4, 0.5) is 11.4 Å². The van der Waals surface area contributed by atoms with Crippen LogP contribution < -0.4 is 10.2 Å². The smallest absolute Gasteiger partial charge is 0.274 e. The first kappa shape index (κ1) is 18.4. The number of aromatic nitrogens is 1. The van der Waals surface area contributed by atoms with E-state index in [9.17, 15) is 4.79 Å². The van der Waals surface area contributed by atoms with E-state index in [1.807, 2.05) is 47.0 Å². The van der Waals surface area contributed by atoms with E-state index in [0.717, 1.165) is 35.5 Å². The minimum absolute atomic E-state index is 0.0277. The van der Waals surface area contributed by atoms with E-state index in [2.05, 4.69) is 56.4 Å². The lowest BCUT2D eigenvalue weighted by atomic mass is 10.1. The average molecular weight is 374 g/mol. The molecule has 4 heteroatoms. The molecule has 0 saturated heterocycles. The Morgan fingerprint density at radius 3 is 2.43 bits per heavy atom. The molecule has 0 bridgehead atoms. The number of anilines is 2. The molecular weight excluding hydrogens is 346 g/mol. The summed E-state index contributed by atoms with van der Waals surface area (Å²) in [5.74, 6) is 0.0599. The van der Waals surface area contributed by atoms with Crippen molar-refractivity contribution in [3.63, 3.8) is 0 Å². The van der Waals surface area contributed by atoms with Crippen LogP contribution in [0.15, 0.2) is 60.8 Å². The summed E-state index contributed by atoms with van der Waals surface area (Å²) in [7, 11) is 1.94. The molecule has 1 aromatic heterocycles. The van der Waals surface area contributed by atoms with Gasteiger partial charge >= 0.3 is 0 Å². The molecule has 0 unspecified atom stereocenters. The summed E-state index contributed by atoms with van der Waals surface area (Å²) in [6, 6.07) is 18.5. The molecule has 0 fully saturated rings. The summed E-state index contributed by atoms with van der Waals surface area (Å²) in [5, 5.41) is 3.48. The Balaban J connectivity index is 1.58. The summed E-state index contributed by atoms with van der Waals surface area (Å²) in [4.78, 5) is 15.1. The number of hydrogen-bond acceptors (Lipinski definition) is 2. The number of carbonyl (C=O) groups excluding carboxylic acids is 1. The zero-order chi connectivity index (χ0) is 19.9. The molecule has 2 aromatic carbocycles. The van der Waals surface area contributed by atoms with E-state index < -0.39 is 0 Å². The van der Waals surface area contributed by atoms with Gasteiger partial charge in [-0.3, -0.25) is 4.79 Å². The number of aryl methyl sites for hydroxylation is 1. The van der Waals surface area contributed by atoms with E-state index in [4.69, 9.17) is 0 Å². The number of benzene rings is 2. The van der Waals surface area contributed by atoms with Crippen molar-refractivity contribution in [1.82, 2.24) is 4.57 Å². The van der Waals surface area contributed by atoms with Crippen molar-refractivity contribution in [1.29, 1.82) is 0 Å². The molecule has 4 rings (SSSR count). The molecule has 4 nitrogen and oxygen atoms in total. The zero-order valence-corrected chi connectivity index (χ0v) is 17.0. The highest BCUT2D eigenvalue weighted by atomic mass is 16.2. The number of carbonyl (C=O) groups is 1. The molecule has 0 atom stereocenters. The van der Waals surface area contributed by atoms with Crippen molar-refractivity contribution in [2.75, 3.05) is 16.8 Å². The summed E-state index contributed by atoms with van der Waals surface area (Å²) >= 11 is 0. The summed E-state index contributed by atoms with van der Waals surface area (Å²) < 4.78 is 1.93. The number of hydrogen-bond donors (Lipinski definition) is 1. The minimum Gasteiger partial charge on any atom is -0.380 e. The van der Waals surface area contributed by atoms with Gasteiger partial charge in [-0.2, -0.15) is 0 Å². The molecule has 0 spiro atoms. The highest BCUT2D eigenvalue weighted by Gasteiger charge is 2.27. The maximum atomic E-state index is 13.2. The Morgan fingerprint density at radius 2 is 1.71 bits per heavy atom. The van der Waals surface area contributed by atoms with Crippen LogP contribution >= 0.6 is 0 Å². The molecule has 1 N–H and O–H groups in total. The molecule has 2 heterocycles. The van der Waals surface area contributed by atoms with Gasteiger partial charge in [0.05, 0.1) is 0 Å². The van der Waals surface area contributed by atoms with Crippen molar-refractivity contribution < 1.29 is 4.79 Å². The third kappa shape index (κ3) is 3.55. The van der Waals surface area contributed by atoms with Crippen LogP contribution in [0.5, 0.6) is 0 Å². The predicted octanol–water partition coefficient (Wildman–Crippen LogP) is 5.11. The van der Waals surface area contributed by atoms with Gasteiger partial charge in [-0.1, -0.05) is 30.3 Å². The number of fused-ring (bicyclic) bond motifs is 1. The van der Waals surface area contributed by atoms with Gasteiger partial charge in [0.25, 0.3) is 5.91 Å². The second-order valence-electron chi connectivity index (χ2n) is 8.51. The van der Waals surface area contributed by atoms with E-state index in [1.54, 1.807) is 0 Å². The van der Waals surface area contributed by atoms with Crippen LogP contribution in [0.2, 0.25) is 0 Å². The number of rotatable bonds is 3. The Hall–Kier alpha value is -3.01. The first-order valence-electron chi connectivity index (χ1n) is 9.76. The highest BCUT2D eigenvalue weighted by Crippen LogP contribution is 2.30. The molecule has 1 aliphatic heterocycles. The monoisotopic (exact) mass is 373 g/mol. The zero-order valence-electron chi connectivity index (χ0n) is 17.0. The molecule has 1 aliphatic rings. The first-order chi connectivity index (χ1) is 13.3. The van der Waals surface area contributed by atoms with Crippen LogP contribution in [0.1, 0.15) is 36.8 Å². The molecule has 0 saturated carbocycles. The fourth-order valence-electron chi connectivity index (χ4n) is 3.80. The lowest BCUT2D eigenvalue weighted by Gasteiger charge is -2.22. The van der Waals surface area contributed by atoms with Gasteiger partial charge in [0.15, 0.2) is 0 Å². The quantitative estimate of drug-likeness (QED) is 0.693. The minimum atomic E-state index is 0.0277. The molecule has 3 aromatic rings. The molecule has 28 heavy (non-hydrogen) atoms. The number of nitrogens with zero attached hydrogens (tertiary/aromatic N) is 2. The van der Waals surface area contributed by atoms with E-state index in [1.165, 1.54) is 5.56 Å². The van der Waals surface area contributed by atoms with Gasteiger partial charge in [-0.05, 0) is 62.6 Å². The lowest BCUT2D eigenvalue weighted by Crippen LogP contribution is -2.30. The van der Waals surface area contributed by atoms with Crippen LogP contribution in [0.3, 0.4) is 0 Å². The predicted molar refractivity (Wildman–Crippen MR) is 116 cm³/mol. The normalized spacial score (nSPS) is 13.5. The van der Waals surface area contributed by atoms with Gasteiger partial charge < -0.3 is 14.8 Å². The topological polar surface area (TPSA) is 37.3 Å².